The van der Waals surface area contributed by atoms with Crippen LogP contribution in [0.4, 0.5) is 0 Å². The van der Waals surface area contributed by atoms with E-state index in [1.54, 1.807) is 11.1 Å². The Bertz CT molecular complexity index is 377. The van der Waals surface area contributed by atoms with Gasteiger partial charge in [-0.1, -0.05) is 22.0 Å². The summed E-state index contributed by atoms with van der Waals surface area (Å²) in [5.74, 6) is 1.91. The van der Waals surface area contributed by atoms with Crippen LogP contribution in [0.2, 0.25) is 0 Å². The Balaban J connectivity index is 2.08. The third-order valence-electron chi connectivity index (χ3n) is 3.67. The predicted octanol–water partition coefficient (Wildman–Crippen LogP) is 4.20. The molecule has 0 heterocycles. The normalized spacial score (nSPS) is 25.1. The highest BCUT2D eigenvalue weighted by Crippen LogP contribution is 2.50. The molecule has 1 fully saturated rings. The van der Waals surface area contributed by atoms with Gasteiger partial charge in [0, 0.05) is 4.47 Å². The van der Waals surface area contributed by atoms with Crippen LogP contribution in [0.15, 0.2) is 16.6 Å². The van der Waals surface area contributed by atoms with Crippen molar-refractivity contribution in [2.75, 3.05) is 0 Å². The number of fused-ring (bicyclic) bond motifs is 1. The molecule has 3 rings (SSSR count). The summed E-state index contributed by atoms with van der Waals surface area (Å²) in [5, 5.41) is 0. The molecule has 0 nitrogen and oxygen atoms in total. The van der Waals surface area contributed by atoms with E-state index in [2.05, 4.69) is 35.0 Å². The highest BCUT2D eigenvalue weighted by Gasteiger charge is 2.36. The monoisotopic (exact) mass is 250 g/mol. The van der Waals surface area contributed by atoms with Crippen molar-refractivity contribution < 1.29 is 0 Å². The number of benzene rings is 1. The molecule has 1 heteroatoms. The SMILES string of the molecule is Cc1cc(Br)c2c(c1)C(C1CC1)CC2. The van der Waals surface area contributed by atoms with Gasteiger partial charge in [0.15, 0.2) is 0 Å². The van der Waals surface area contributed by atoms with Crippen molar-refractivity contribution in [3.8, 4) is 0 Å². The van der Waals surface area contributed by atoms with Crippen LogP contribution in [-0.2, 0) is 6.42 Å². The fraction of sp³-hybridized carbons (Fsp3) is 0.538. The van der Waals surface area contributed by atoms with E-state index in [0.717, 1.165) is 11.8 Å². The second-order valence-corrected chi connectivity index (χ2v) is 5.65. The van der Waals surface area contributed by atoms with Crippen molar-refractivity contribution in [3.05, 3.63) is 33.3 Å². The molecule has 0 N–H and O–H groups in total. The van der Waals surface area contributed by atoms with Crippen LogP contribution in [-0.4, -0.2) is 0 Å². The summed E-state index contributed by atoms with van der Waals surface area (Å²) in [5.41, 5.74) is 4.65. The largest absolute Gasteiger partial charge is 0.0555 e. The van der Waals surface area contributed by atoms with E-state index in [1.807, 2.05) is 0 Å². The number of rotatable bonds is 1. The minimum atomic E-state index is 0.890. The van der Waals surface area contributed by atoms with E-state index in [9.17, 15) is 0 Å². The molecule has 1 atom stereocenters. The van der Waals surface area contributed by atoms with Crippen LogP contribution in [0.1, 0.15) is 41.9 Å². The van der Waals surface area contributed by atoms with Crippen molar-refractivity contribution in [2.45, 2.75) is 38.5 Å². The van der Waals surface area contributed by atoms with Crippen LogP contribution in [0, 0.1) is 12.8 Å². The Labute approximate surface area is 93.8 Å². The molecule has 2 aliphatic carbocycles. The molecule has 0 amide bonds. The number of hydrogen-bond acceptors (Lipinski definition) is 0. The zero-order chi connectivity index (χ0) is 9.71. The van der Waals surface area contributed by atoms with Gasteiger partial charge in [-0.2, -0.15) is 0 Å². The molecule has 0 bridgehead atoms. The Morgan fingerprint density at radius 2 is 2.00 bits per heavy atom. The molecule has 0 radical (unpaired) electrons. The molecule has 1 unspecified atom stereocenters. The molecule has 1 aromatic rings. The zero-order valence-corrected chi connectivity index (χ0v) is 10.1. The fourth-order valence-corrected chi connectivity index (χ4v) is 3.63. The highest BCUT2D eigenvalue weighted by atomic mass is 79.9. The third-order valence-corrected chi connectivity index (χ3v) is 4.38. The molecule has 2 aliphatic rings. The van der Waals surface area contributed by atoms with E-state index in [4.69, 9.17) is 0 Å². The third kappa shape index (κ3) is 1.33. The Kier molecular flexibility index (Phi) is 1.98. The summed E-state index contributed by atoms with van der Waals surface area (Å²) in [6.07, 6.45) is 5.62. The van der Waals surface area contributed by atoms with E-state index in [-0.39, 0.29) is 0 Å². The minimum Gasteiger partial charge on any atom is -0.0555 e. The molecule has 0 aromatic heterocycles. The van der Waals surface area contributed by atoms with Crippen molar-refractivity contribution in [1.29, 1.82) is 0 Å². The fourth-order valence-electron chi connectivity index (χ4n) is 2.84. The van der Waals surface area contributed by atoms with E-state index >= 15 is 0 Å². The van der Waals surface area contributed by atoms with Gasteiger partial charge in [0.05, 0.1) is 0 Å². The molecule has 14 heavy (non-hydrogen) atoms. The van der Waals surface area contributed by atoms with E-state index < -0.39 is 0 Å². The maximum absolute atomic E-state index is 3.70. The average Bonchev–Trinajstić information content (AvgIpc) is 2.87. The number of aryl methyl sites for hydroxylation is 1. The lowest BCUT2D eigenvalue weighted by molar-refractivity contribution is 0.600. The van der Waals surface area contributed by atoms with Gasteiger partial charge in [-0.3, -0.25) is 0 Å². The van der Waals surface area contributed by atoms with Crippen molar-refractivity contribution in [1.82, 2.24) is 0 Å². The first-order chi connectivity index (χ1) is 6.75. The Morgan fingerprint density at radius 1 is 1.21 bits per heavy atom. The lowest BCUT2D eigenvalue weighted by Gasteiger charge is -2.11. The summed E-state index contributed by atoms with van der Waals surface area (Å²) in [6, 6.07) is 4.67. The van der Waals surface area contributed by atoms with Gasteiger partial charge in [-0.05, 0) is 67.2 Å². The van der Waals surface area contributed by atoms with Gasteiger partial charge >= 0.3 is 0 Å². The van der Waals surface area contributed by atoms with Crippen LogP contribution in [0.3, 0.4) is 0 Å². The van der Waals surface area contributed by atoms with E-state index in [1.165, 1.54) is 35.7 Å². The number of halogens is 1. The minimum absolute atomic E-state index is 0.890. The quantitative estimate of drug-likeness (QED) is 0.701. The highest BCUT2D eigenvalue weighted by molar-refractivity contribution is 9.10. The Morgan fingerprint density at radius 3 is 2.71 bits per heavy atom. The topological polar surface area (TPSA) is 0 Å². The van der Waals surface area contributed by atoms with Crippen molar-refractivity contribution in [2.24, 2.45) is 5.92 Å². The second-order valence-electron chi connectivity index (χ2n) is 4.80. The number of hydrogen-bond donors (Lipinski definition) is 0. The summed E-state index contributed by atoms with van der Waals surface area (Å²) < 4.78 is 1.34. The van der Waals surface area contributed by atoms with Gasteiger partial charge in [0.1, 0.15) is 0 Å². The van der Waals surface area contributed by atoms with Gasteiger partial charge in [-0.25, -0.2) is 0 Å². The van der Waals surface area contributed by atoms with Crippen molar-refractivity contribution in [3.63, 3.8) is 0 Å². The predicted molar refractivity (Wildman–Crippen MR) is 62.7 cm³/mol. The molecule has 74 valence electrons. The first-order valence-corrected chi connectivity index (χ1v) is 6.34. The second kappa shape index (κ2) is 3.10. The standard InChI is InChI=1S/C13H15Br/c1-8-6-12-10(9-2-3-9)4-5-11(12)13(14)7-8/h6-7,9-10H,2-5H2,1H3. The maximum Gasteiger partial charge on any atom is 0.0212 e. The molecule has 1 aromatic carbocycles. The first kappa shape index (κ1) is 8.96. The summed E-state index contributed by atoms with van der Waals surface area (Å²) in [6.45, 7) is 2.20. The molecular weight excluding hydrogens is 236 g/mol. The Hall–Kier alpha value is -0.300. The van der Waals surface area contributed by atoms with Crippen LogP contribution >= 0.6 is 15.9 Å². The summed E-state index contributed by atoms with van der Waals surface area (Å²) >= 11 is 3.70. The summed E-state index contributed by atoms with van der Waals surface area (Å²) in [7, 11) is 0. The molecule has 0 aliphatic heterocycles. The molecule has 0 spiro atoms. The van der Waals surface area contributed by atoms with Crippen molar-refractivity contribution >= 4 is 15.9 Å². The lowest BCUT2D eigenvalue weighted by atomic mass is 9.95. The van der Waals surface area contributed by atoms with Gasteiger partial charge < -0.3 is 0 Å². The molecular formula is C13H15Br. The van der Waals surface area contributed by atoms with Crippen LogP contribution in [0.5, 0.6) is 0 Å². The van der Waals surface area contributed by atoms with Crippen LogP contribution in [0.25, 0.3) is 0 Å². The lowest BCUT2D eigenvalue weighted by Crippen LogP contribution is -1.96. The van der Waals surface area contributed by atoms with Gasteiger partial charge in [-0.15, -0.1) is 0 Å². The first-order valence-electron chi connectivity index (χ1n) is 5.54. The summed E-state index contributed by atoms with van der Waals surface area (Å²) in [4.78, 5) is 0. The smallest absolute Gasteiger partial charge is 0.0212 e. The van der Waals surface area contributed by atoms with Gasteiger partial charge in [0.25, 0.3) is 0 Å². The molecule has 0 saturated heterocycles. The van der Waals surface area contributed by atoms with Crippen LogP contribution < -0.4 is 0 Å². The maximum atomic E-state index is 3.70. The van der Waals surface area contributed by atoms with Gasteiger partial charge in [0.2, 0.25) is 0 Å². The zero-order valence-electron chi connectivity index (χ0n) is 8.52. The average molecular weight is 251 g/mol. The van der Waals surface area contributed by atoms with E-state index in [0.29, 0.717) is 0 Å². The molecule has 1 saturated carbocycles.